The summed E-state index contributed by atoms with van der Waals surface area (Å²) >= 11 is 0. The van der Waals surface area contributed by atoms with Crippen molar-refractivity contribution in [2.45, 2.75) is 257 Å². The molecule has 8 heteroatoms. The van der Waals surface area contributed by atoms with E-state index in [1.165, 1.54) is 193 Å². The predicted molar refractivity (Wildman–Crippen MR) is 258 cm³/mol. The molecule has 3 atom stereocenters. The minimum Gasteiger partial charge on any atom is -0.387 e. The molecule has 0 spiro atoms. The number of nitrogens with zero attached hydrogens (tertiary/aromatic N) is 1. The Kier molecular flexibility index (Phi) is 44.3. The van der Waals surface area contributed by atoms with Crippen molar-refractivity contribution >= 4 is 14.2 Å². The zero-order valence-electron chi connectivity index (χ0n) is 40.1. The van der Waals surface area contributed by atoms with E-state index >= 15 is 0 Å². The van der Waals surface area contributed by atoms with E-state index in [-0.39, 0.29) is 12.5 Å². The van der Waals surface area contributed by atoms with Crippen LogP contribution in [0.3, 0.4) is 0 Å². The Morgan fingerprint density at radius 2 is 0.898 bits per heavy atom. The quantitative estimate of drug-likeness (QED) is 0.0276. The molecule has 0 aromatic heterocycles. The average molecular weight is 854 g/mol. The summed E-state index contributed by atoms with van der Waals surface area (Å²) in [5.74, 6) is -0.0902. The zero-order valence-corrected chi connectivity index (χ0v) is 41.1. The minimum atomic E-state index is -2.72. The lowest BCUT2D eigenvalue weighted by Gasteiger charge is -2.24. The van der Waals surface area contributed by atoms with Crippen molar-refractivity contribution in [3.8, 4) is 0 Å². The predicted octanol–water partition coefficient (Wildman–Crippen LogP) is 15.2. The van der Waals surface area contributed by atoms with E-state index in [2.05, 4.69) is 52.5 Å². The molecule has 2 N–H and O–H groups in total. The molecule has 0 heterocycles. The third-order valence-corrected chi connectivity index (χ3v) is 12.4. The topological polar surface area (TPSA) is 84.9 Å². The van der Waals surface area contributed by atoms with Gasteiger partial charge in [0.25, 0.3) is 0 Å². The molecule has 0 aliphatic carbocycles. The number of amides is 1. The van der Waals surface area contributed by atoms with Crippen LogP contribution in [0.2, 0.25) is 0 Å². The SMILES string of the molecule is CCCCCCCCCC/C=C\CCCCCCCCCCCCCCCC(=O)N[C@@H](CO[PH](=O)OCC[N+](C)(C)C)[C@H](O)/C=C/CCCCCCCCCCCCC. The molecule has 0 aromatic carbocycles. The van der Waals surface area contributed by atoms with E-state index in [0.717, 1.165) is 32.1 Å². The smallest absolute Gasteiger partial charge is 0.319 e. The van der Waals surface area contributed by atoms with Crippen molar-refractivity contribution in [3.63, 3.8) is 0 Å². The lowest BCUT2D eigenvalue weighted by Crippen LogP contribution is -2.45. The maximum atomic E-state index is 12.9. The molecular weight excluding hydrogens is 752 g/mol. The number of nitrogens with one attached hydrogen (secondary N) is 1. The van der Waals surface area contributed by atoms with Crippen molar-refractivity contribution in [2.24, 2.45) is 0 Å². The first-order chi connectivity index (χ1) is 28.7. The zero-order chi connectivity index (χ0) is 43.3. The Hall–Kier alpha value is -0.980. The monoisotopic (exact) mass is 854 g/mol. The summed E-state index contributed by atoms with van der Waals surface area (Å²) in [6.45, 7) is 5.55. The van der Waals surface area contributed by atoms with Crippen molar-refractivity contribution in [1.29, 1.82) is 0 Å². The molecule has 0 saturated heterocycles. The van der Waals surface area contributed by atoms with E-state index in [9.17, 15) is 14.5 Å². The summed E-state index contributed by atoms with van der Waals surface area (Å²) in [7, 11) is 3.43. The van der Waals surface area contributed by atoms with Gasteiger partial charge in [0, 0.05) is 6.42 Å². The summed E-state index contributed by atoms with van der Waals surface area (Å²) in [4.78, 5) is 12.9. The summed E-state index contributed by atoms with van der Waals surface area (Å²) in [6.07, 6.45) is 53.6. The molecule has 0 aliphatic heterocycles. The van der Waals surface area contributed by atoms with Crippen LogP contribution in [0.4, 0.5) is 0 Å². The highest BCUT2D eigenvalue weighted by Crippen LogP contribution is 2.24. The number of carbonyl (C=O) groups is 1. The second-order valence-electron chi connectivity index (χ2n) is 18.7. The van der Waals surface area contributed by atoms with Crippen LogP contribution in [0, 0.1) is 0 Å². The number of hydrogen-bond donors (Lipinski definition) is 2. The standard InChI is InChI=1S/C51H101N2O5P/c1-6-8-10-12-14-16-18-20-21-22-23-24-25-26-27-28-29-30-31-33-35-37-39-41-43-45-51(55)52-49(48-58-59(56)57-47-46-53(3,4)5)50(54)44-42-40-38-36-34-32-19-17-15-13-11-9-7-2/h22-23,42,44,49-50,54,59H,6-21,24-41,43,45-48H2,1-5H3/p+1/b23-22-,44-42+/t49-,50+/m0/s1. The fraction of sp³-hybridized carbons (Fsp3) is 0.902. The number of quaternary nitrogens is 1. The molecule has 0 bridgehead atoms. The van der Waals surface area contributed by atoms with Gasteiger partial charge in [0.05, 0.1) is 39.9 Å². The molecule has 350 valence electrons. The highest BCUT2D eigenvalue weighted by molar-refractivity contribution is 7.33. The number of carbonyl (C=O) groups excluding carboxylic acids is 1. The Morgan fingerprint density at radius 1 is 0.542 bits per heavy atom. The average Bonchev–Trinajstić information content (AvgIpc) is 3.20. The summed E-state index contributed by atoms with van der Waals surface area (Å²) in [5.41, 5.74) is 0. The van der Waals surface area contributed by atoms with Crippen LogP contribution >= 0.6 is 8.25 Å². The van der Waals surface area contributed by atoms with Gasteiger partial charge in [0.2, 0.25) is 5.91 Å². The number of unbranched alkanes of at least 4 members (excludes halogenated alkanes) is 32. The van der Waals surface area contributed by atoms with Gasteiger partial charge < -0.3 is 24.0 Å². The van der Waals surface area contributed by atoms with Crippen molar-refractivity contribution < 1.29 is 28.0 Å². The van der Waals surface area contributed by atoms with Crippen LogP contribution in [0.5, 0.6) is 0 Å². The molecule has 1 unspecified atom stereocenters. The lowest BCUT2D eigenvalue weighted by molar-refractivity contribution is -0.870. The molecule has 1 amide bonds. The van der Waals surface area contributed by atoms with E-state index < -0.39 is 20.4 Å². The fourth-order valence-electron chi connectivity index (χ4n) is 7.53. The van der Waals surface area contributed by atoms with Gasteiger partial charge in [-0.3, -0.25) is 9.36 Å². The Bertz CT molecular complexity index is 968. The molecule has 0 saturated carbocycles. The Labute approximate surface area is 368 Å². The first-order valence-corrected chi connectivity index (χ1v) is 26.8. The third kappa shape index (κ3) is 46.4. The highest BCUT2D eigenvalue weighted by atomic mass is 31.1. The number of likely N-dealkylation sites (N-methyl/N-ethyl adjacent to an activating group) is 1. The first kappa shape index (κ1) is 58.0. The van der Waals surface area contributed by atoms with Crippen molar-refractivity contribution in [2.75, 3.05) is 40.9 Å². The van der Waals surface area contributed by atoms with Crippen LogP contribution in [-0.2, 0) is 18.4 Å². The molecule has 59 heavy (non-hydrogen) atoms. The second-order valence-corrected chi connectivity index (χ2v) is 19.8. The molecule has 0 aromatic rings. The van der Waals surface area contributed by atoms with Gasteiger partial charge in [-0.2, -0.15) is 0 Å². The Balaban J connectivity index is 4.09. The lowest BCUT2D eigenvalue weighted by atomic mass is 10.0. The highest BCUT2D eigenvalue weighted by Gasteiger charge is 2.21. The number of aliphatic hydroxyl groups is 1. The fourth-order valence-corrected chi connectivity index (χ4v) is 8.18. The van der Waals surface area contributed by atoms with E-state index in [0.29, 0.717) is 24.1 Å². The van der Waals surface area contributed by atoms with Crippen LogP contribution in [-0.4, -0.2) is 68.5 Å². The van der Waals surface area contributed by atoms with Crippen LogP contribution in [0.1, 0.15) is 245 Å². The normalized spacial score (nSPS) is 13.8. The van der Waals surface area contributed by atoms with Gasteiger partial charge in [-0.1, -0.05) is 218 Å². The van der Waals surface area contributed by atoms with E-state index in [4.69, 9.17) is 9.05 Å². The van der Waals surface area contributed by atoms with Crippen molar-refractivity contribution in [3.05, 3.63) is 24.3 Å². The minimum absolute atomic E-state index is 0.0467. The van der Waals surface area contributed by atoms with Crippen molar-refractivity contribution in [1.82, 2.24) is 5.32 Å². The van der Waals surface area contributed by atoms with Gasteiger partial charge in [0.1, 0.15) is 13.2 Å². The maximum Gasteiger partial charge on any atom is 0.319 e. The van der Waals surface area contributed by atoms with Gasteiger partial charge in [-0.15, -0.1) is 0 Å². The summed E-state index contributed by atoms with van der Waals surface area (Å²) in [6, 6.07) is -0.664. The molecule has 7 nitrogen and oxygen atoms in total. The molecule has 0 radical (unpaired) electrons. The third-order valence-electron chi connectivity index (χ3n) is 11.6. The van der Waals surface area contributed by atoms with Crippen LogP contribution < -0.4 is 5.32 Å². The maximum absolute atomic E-state index is 12.9. The van der Waals surface area contributed by atoms with E-state index in [1.54, 1.807) is 6.08 Å². The number of rotatable bonds is 47. The van der Waals surface area contributed by atoms with Gasteiger partial charge >= 0.3 is 8.25 Å². The largest absolute Gasteiger partial charge is 0.387 e. The summed E-state index contributed by atoms with van der Waals surface area (Å²) < 4.78 is 24.1. The summed E-state index contributed by atoms with van der Waals surface area (Å²) in [5, 5.41) is 13.9. The molecule has 0 fully saturated rings. The van der Waals surface area contributed by atoms with Crippen LogP contribution in [0.25, 0.3) is 0 Å². The van der Waals surface area contributed by atoms with Gasteiger partial charge in [-0.25, -0.2) is 0 Å². The Morgan fingerprint density at radius 3 is 1.29 bits per heavy atom. The molecule has 0 rings (SSSR count). The van der Waals surface area contributed by atoms with E-state index in [1.807, 2.05) is 6.08 Å². The van der Waals surface area contributed by atoms with Gasteiger partial charge in [-0.05, 0) is 44.9 Å². The molecule has 0 aliphatic rings. The number of aliphatic hydroxyl groups excluding tert-OH is 1. The van der Waals surface area contributed by atoms with Gasteiger partial charge in [0.15, 0.2) is 0 Å². The first-order valence-electron chi connectivity index (χ1n) is 25.6. The number of allylic oxidation sites excluding steroid dienone is 3. The van der Waals surface area contributed by atoms with Crippen LogP contribution in [0.15, 0.2) is 24.3 Å². The molecular formula is C51H102N2O5P+. The number of hydrogen-bond acceptors (Lipinski definition) is 5. The second kappa shape index (κ2) is 45.1.